The molecule has 0 aliphatic carbocycles. The lowest BCUT2D eigenvalue weighted by atomic mass is 10.0. The van der Waals surface area contributed by atoms with Crippen LogP contribution in [0.3, 0.4) is 0 Å². The Morgan fingerprint density at radius 3 is 2.44 bits per heavy atom. The molecule has 0 fully saturated rings. The van der Waals surface area contributed by atoms with Gasteiger partial charge in [0, 0.05) is 23.3 Å². The summed E-state index contributed by atoms with van der Waals surface area (Å²) in [5.41, 5.74) is 1.75. The second-order valence-corrected chi connectivity index (χ2v) is 6.47. The van der Waals surface area contributed by atoms with E-state index in [0.717, 1.165) is 5.56 Å². The number of carboxylic acids is 1. The highest BCUT2D eigenvalue weighted by Gasteiger charge is 2.23. The second kappa shape index (κ2) is 8.43. The van der Waals surface area contributed by atoms with Gasteiger partial charge in [-0.1, -0.05) is 30.3 Å². The van der Waals surface area contributed by atoms with Gasteiger partial charge in [0.2, 0.25) is 5.91 Å². The number of esters is 1. The zero-order valence-corrected chi connectivity index (χ0v) is 14.7. The molecule has 2 rings (SSSR count). The first-order valence-corrected chi connectivity index (χ1v) is 8.64. The highest BCUT2D eigenvalue weighted by Crippen LogP contribution is 2.36. The summed E-state index contributed by atoms with van der Waals surface area (Å²) in [4.78, 5) is 34.9. The number of nitrogens with one attached hydrogen (secondary N) is 1. The van der Waals surface area contributed by atoms with Crippen LogP contribution >= 0.6 is 11.3 Å². The zero-order chi connectivity index (χ0) is 18.4. The minimum Gasteiger partial charge on any atom is -0.550 e. The van der Waals surface area contributed by atoms with E-state index in [1.165, 1.54) is 11.3 Å². The molecule has 0 spiro atoms. The third kappa shape index (κ3) is 5.15. The van der Waals surface area contributed by atoms with E-state index in [-0.39, 0.29) is 24.5 Å². The van der Waals surface area contributed by atoms with Crippen LogP contribution in [0.4, 0.5) is 5.00 Å². The maximum atomic E-state index is 12.5. The van der Waals surface area contributed by atoms with Crippen LogP contribution in [0.2, 0.25) is 0 Å². The molecule has 2 aromatic rings. The van der Waals surface area contributed by atoms with Crippen molar-refractivity contribution in [2.45, 2.75) is 32.8 Å². The molecule has 0 radical (unpaired) electrons. The summed E-state index contributed by atoms with van der Waals surface area (Å²) < 4.78 is 5.29. The number of carbonyl (C=O) groups is 3. The number of carbonyl (C=O) groups excluding carboxylic acids is 3. The van der Waals surface area contributed by atoms with Gasteiger partial charge in [-0.15, -0.1) is 11.3 Å². The number of hydrogen-bond donors (Lipinski definition) is 1. The molecular formula is C18H18NO5S-. The Morgan fingerprint density at radius 1 is 1.16 bits per heavy atom. The fourth-order valence-electron chi connectivity index (χ4n) is 2.16. The van der Waals surface area contributed by atoms with E-state index >= 15 is 0 Å². The number of carboxylic acid groups (broad SMARTS) is 1. The molecule has 0 bridgehead atoms. The Labute approximate surface area is 149 Å². The van der Waals surface area contributed by atoms with Crippen molar-refractivity contribution in [3.05, 3.63) is 41.3 Å². The summed E-state index contributed by atoms with van der Waals surface area (Å²) in [7, 11) is 0. The summed E-state index contributed by atoms with van der Waals surface area (Å²) >= 11 is 1.19. The van der Waals surface area contributed by atoms with E-state index < -0.39 is 17.8 Å². The van der Waals surface area contributed by atoms with Gasteiger partial charge < -0.3 is 20.0 Å². The lowest BCUT2D eigenvalue weighted by molar-refractivity contribution is -0.305. The lowest BCUT2D eigenvalue weighted by Crippen LogP contribution is -2.24. The molecule has 1 aromatic carbocycles. The number of amides is 1. The van der Waals surface area contributed by atoms with Crippen LogP contribution in [0.1, 0.15) is 37.0 Å². The Hall–Kier alpha value is -2.67. The normalized spacial score (nSPS) is 10.5. The number of ether oxygens (including phenoxy) is 1. The van der Waals surface area contributed by atoms with Crippen molar-refractivity contribution in [3.63, 3.8) is 0 Å². The van der Waals surface area contributed by atoms with Crippen LogP contribution in [0.15, 0.2) is 35.7 Å². The molecule has 1 heterocycles. The minimum absolute atomic E-state index is 0.223. The van der Waals surface area contributed by atoms with E-state index in [4.69, 9.17) is 4.74 Å². The highest BCUT2D eigenvalue weighted by atomic mass is 32.1. The number of hydrogen-bond acceptors (Lipinski definition) is 6. The van der Waals surface area contributed by atoms with Gasteiger partial charge in [0.25, 0.3) is 0 Å². The summed E-state index contributed by atoms with van der Waals surface area (Å²) in [5, 5.41) is 15.2. The third-order valence-corrected chi connectivity index (χ3v) is 4.13. The van der Waals surface area contributed by atoms with Crippen LogP contribution in [0, 0.1) is 0 Å². The molecule has 25 heavy (non-hydrogen) atoms. The van der Waals surface area contributed by atoms with Crippen LogP contribution in [0.5, 0.6) is 0 Å². The average Bonchev–Trinajstić information content (AvgIpc) is 2.96. The van der Waals surface area contributed by atoms with E-state index in [1.807, 2.05) is 30.3 Å². The predicted octanol–water partition coefficient (Wildman–Crippen LogP) is 2.45. The largest absolute Gasteiger partial charge is 0.550 e. The first kappa shape index (κ1) is 18.7. The summed E-state index contributed by atoms with van der Waals surface area (Å²) in [6, 6.07) is 9.28. The summed E-state index contributed by atoms with van der Waals surface area (Å²) in [6.07, 6.45) is -0.911. The Morgan fingerprint density at radius 2 is 1.84 bits per heavy atom. The molecule has 132 valence electrons. The van der Waals surface area contributed by atoms with Crippen molar-refractivity contribution in [3.8, 4) is 11.1 Å². The Bertz CT molecular complexity index is 767. The molecule has 1 aromatic heterocycles. The van der Waals surface area contributed by atoms with Gasteiger partial charge in [0.05, 0.1) is 6.10 Å². The van der Waals surface area contributed by atoms with Gasteiger partial charge in [-0.25, -0.2) is 4.79 Å². The highest BCUT2D eigenvalue weighted by molar-refractivity contribution is 7.15. The first-order chi connectivity index (χ1) is 11.9. The molecule has 0 atom stereocenters. The molecule has 1 amide bonds. The number of benzene rings is 1. The van der Waals surface area contributed by atoms with Gasteiger partial charge in [0.15, 0.2) is 0 Å². The Kier molecular flexibility index (Phi) is 6.30. The first-order valence-electron chi connectivity index (χ1n) is 7.76. The number of anilines is 1. The van der Waals surface area contributed by atoms with E-state index in [0.29, 0.717) is 10.6 Å². The van der Waals surface area contributed by atoms with Crippen LogP contribution < -0.4 is 10.4 Å². The molecule has 0 aliphatic heterocycles. The topological polar surface area (TPSA) is 95.5 Å². The number of aliphatic carboxylic acids is 1. The third-order valence-electron chi connectivity index (χ3n) is 3.23. The van der Waals surface area contributed by atoms with Crippen LogP contribution in [-0.2, 0) is 14.3 Å². The van der Waals surface area contributed by atoms with Gasteiger partial charge >= 0.3 is 5.97 Å². The summed E-state index contributed by atoms with van der Waals surface area (Å²) in [5.74, 6) is -2.33. The molecule has 7 heteroatoms. The fourth-order valence-corrected chi connectivity index (χ4v) is 3.13. The van der Waals surface area contributed by atoms with Crippen molar-refractivity contribution >= 4 is 34.2 Å². The van der Waals surface area contributed by atoms with E-state index in [9.17, 15) is 19.5 Å². The molecule has 0 aliphatic rings. The molecule has 0 saturated heterocycles. The van der Waals surface area contributed by atoms with Gasteiger partial charge in [-0.2, -0.15) is 0 Å². The van der Waals surface area contributed by atoms with E-state index in [1.54, 1.807) is 19.2 Å². The number of thiophene rings is 1. The lowest BCUT2D eigenvalue weighted by Gasteiger charge is -2.12. The predicted molar refractivity (Wildman–Crippen MR) is 93.2 cm³/mol. The molecule has 0 unspecified atom stereocenters. The monoisotopic (exact) mass is 360 g/mol. The second-order valence-electron chi connectivity index (χ2n) is 5.59. The average molecular weight is 360 g/mol. The van der Waals surface area contributed by atoms with Gasteiger partial charge in [-0.3, -0.25) is 4.79 Å². The van der Waals surface area contributed by atoms with Crippen molar-refractivity contribution in [2.24, 2.45) is 0 Å². The Balaban J connectivity index is 2.33. The van der Waals surface area contributed by atoms with Gasteiger partial charge in [0.1, 0.15) is 10.6 Å². The maximum Gasteiger partial charge on any atom is 0.342 e. The van der Waals surface area contributed by atoms with E-state index in [2.05, 4.69) is 5.32 Å². The summed E-state index contributed by atoms with van der Waals surface area (Å²) in [6.45, 7) is 3.48. The molecule has 0 saturated carbocycles. The van der Waals surface area contributed by atoms with Crippen molar-refractivity contribution in [2.75, 3.05) is 5.32 Å². The van der Waals surface area contributed by atoms with Gasteiger partial charge in [-0.05, 0) is 25.8 Å². The SMILES string of the molecule is CC(C)OC(=O)c1c(-c2ccccc2)csc1NC(=O)CCC(=O)[O-]. The van der Waals surface area contributed by atoms with Crippen molar-refractivity contribution in [1.29, 1.82) is 0 Å². The fraction of sp³-hybridized carbons (Fsp3) is 0.278. The smallest absolute Gasteiger partial charge is 0.342 e. The maximum absolute atomic E-state index is 12.5. The van der Waals surface area contributed by atoms with Crippen molar-refractivity contribution in [1.82, 2.24) is 0 Å². The van der Waals surface area contributed by atoms with Crippen molar-refractivity contribution < 1.29 is 24.2 Å². The molecular weight excluding hydrogens is 342 g/mol. The quantitative estimate of drug-likeness (QED) is 0.765. The molecule has 6 nitrogen and oxygen atoms in total. The molecule has 1 N–H and O–H groups in total. The number of rotatable bonds is 7. The zero-order valence-electron chi connectivity index (χ0n) is 13.9. The van der Waals surface area contributed by atoms with Crippen LogP contribution in [-0.4, -0.2) is 23.9 Å². The minimum atomic E-state index is -1.30. The standard InChI is InChI=1S/C18H19NO5S/c1-11(2)24-18(23)16-13(12-6-4-3-5-7-12)10-25-17(16)19-14(20)8-9-15(21)22/h3-7,10-11H,8-9H2,1-2H3,(H,19,20)(H,21,22)/p-1. The van der Waals surface area contributed by atoms with Crippen LogP contribution in [0.25, 0.3) is 11.1 Å².